The molecule has 0 radical (unpaired) electrons. The molecular weight excluding hydrogens is 192 g/mol. The average Bonchev–Trinajstić information content (AvgIpc) is 2.28. The zero-order valence-corrected chi connectivity index (χ0v) is 8.65. The third kappa shape index (κ3) is 1.51. The van der Waals surface area contributed by atoms with E-state index in [4.69, 9.17) is 0 Å². The van der Waals surface area contributed by atoms with Crippen LogP contribution in [0.3, 0.4) is 0 Å². The number of hydrogen-bond donors (Lipinski definition) is 2. The van der Waals surface area contributed by atoms with Crippen molar-refractivity contribution in [3.63, 3.8) is 0 Å². The van der Waals surface area contributed by atoms with Crippen LogP contribution in [0, 0.1) is 11.3 Å². The molecule has 15 heavy (non-hydrogen) atoms. The molecule has 1 fully saturated rings. The molecule has 2 aliphatic carbocycles. The lowest BCUT2D eigenvalue weighted by Crippen LogP contribution is -2.42. The fourth-order valence-electron chi connectivity index (χ4n) is 2.76. The number of carbonyl (C=O) groups is 1. The summed E-state index contributed by atoms with van der Waals surface area (Å²) in [4.78, 5) is 11.3. The first kappa shape index (κ1) is 10.4. The van der Waals surface area contributed by atoms with Gasteiger partial charge in [-0.15, -0.1) is 0 Å². The van der Waals surface area contributed by atoms with Gasteiger partial charge in [-0.1, -0.05) is 24.6 Å². The SMILES string of the molecule is O=C(O)C1(CO)CCCC2CC=CC=C21. The van der Waals surface area contributed by atoms with Crippen molar-refractivity contribution in [2.75, 3.05) is 6.61 Å². The van der Waals surface area contributed by atoms with Crippen molar-refractivity contribution >= 4 is 5.97 Å². The van der Waals surface area contributed by atoms with Gasteiger partial charge in [0.25, 0.3) is 0 Å². The van der Waals surface area contributed by atoms with Crippen LogP contribution in [0.25, 0.3) is 0 Å². The van der Waals surface area contributed by atoms with E-state index in [0.29, 0.717) is 12.3 Å². The third-order valence-corrected chi connectivity index (χ3v) is 3.66. The normalized spacial score (nSPS) is 34.5. The first-order valence-electron chi connectivity index (χ1n) is 5.42. The molecule has 2 atom stereocenters. The Morgan fingerprint density at radius 2 is 2.40 bits per heavy atom. The zero-order chi connectivity index (χ0) is 10.9. The summed E-state index contributed by atoms with van der Waals surface area (Å²) in [5.74, 6) is -0.553. The quantitative estimate of drug-likeness (QED) is 0.726. The predicted molar refractivity (Wildman–Crippen MR) is 56.3 cm³/mol. The Labute approximate surface area is 89.1 Å². The lowest BCUT2D eigenvalue weighted by molar-refractivity contribution is -0.150. The van der Waals surface area contributed by atoms with E-state index in [0.717, 1.165) is 24.8 Å². The lowest BCUT2D eigenvalue weighted by Gasteiger charge is -2.40. The minimum atomic E-state index is -1.01. The summed E-state index contributed by atoms with van der Waals surface area (Å²) in [6, 6.07) is 0. The predicted octanol–water partition coefficient (Wildman–Crippen LogP) is 1.74. The summed E-state index contributed by atoms with van der Waals surface area (Å²) in [6.45, 7) is -0.279. The van der Waals surface area contributed by atoms with Gasteiger partial charge in [-0.2, -0.15) is 0 Å². The lowest BCUT2D eigenvalue weighted by atomic mass is 9.64. The fraction of sp³-hybridized carbons (Fsp3) is 0.583. The van der Waals surface area contributed by atoms with Crippen LogP contribution in [0.2, 0.25) is 0 Å². The van der Waals surface area contributed by atoms with Crippen LogP contribution in [0.15, 0.2) is 23.8 Å². The molecule has 3 heteroatoms. The Hall–Kier alpha value is -1.09. The number of carboxylic acids is 1. The molecule has 1 saturated carbocycles. The maximum absolute atomic E-state index is 11.3. The van der Waals surface area contributed by atoms with Crippen molar-refractivity contribution in [2.45, 2.75) is 25.7 Å². The molecule has 0 aliphatic heterocycles. The summed E-state index contributed by atoms with van der Waals surface area (Å²) in [7, 11) is 0. The highest BCUT2D eigenvalue weighted by molar-refractivity contribution is 5.79. The Balaban J connectivity index is 2.41. The monoisotopic (exact) mass is 208 g/mol. The second-order valence-corrected chi connectivity index (χ2v) is 4.42. The molecule has 0 aromatic rings. The summed E-state index contributed by atoms with van der Waals surface area (Å²) in [5.41, 5.74) is -0.0838. The topological polar surface area (TPSA) is 57.5 Å². The Morgan fingerprint density at radius 1 is 1.60 bits per heavy atom. The van der Waals surface area contributed by atoms with Gasteiger partial charge >= 0.3 is 5.97 Å². The van der Waals surface area contributed by atoms with Crippen LogP contribution in [0.1, 0.15) is 25.7 Å². The van der Waals surface area contributed by atoms with Gasteiger partial charge in [-0.05, 0) is 30.8 Å². The number of allylic oxidation sites excluding steroid dienone is 3. The first-order chi connectivity index (χ1) is 7.20. The standard InChI is InChI=1S/C12H16O3/c13-8-12(11(14)15)7-3-5-9-4-1-2-6-10(9)12/h1-2,6,9,13H,3-5,7-8H2,(H,14,15). The maximum Gasteiger partial charge on any atom is 0.316 e. The van der Waals surface area contributed by atoms with E-state index in [1.165, 1.54) is 0 Å². The van der Waals surface area contributed by atoms with Crippen molar-refractivity contribution in [1.29, 1.82) is 0 Å². The van der Waals surface area contributed by atoms with Crippen LogP contribution < -0.4 is 0 Å². The molecule has 0 bridgehead atoms. The highest BCUT2D eigenvalue weighted by Crippen LogP contribution is 2.46. The van der Waals surface area contributed by atoms with E-state index in [-0.39, 0.29) is 6.61 Å². The van der Waals surface area contributed by atoms with Crippen molar-refractivity contribution in [3.05, 3.63) is 23.8 Å². The number of aliphatic hydroxyl groups excluding tert-OH is 1. The molecule has 0 heterocycles. The summed E-state index contributed by atoms with van der Waals surface area (Å²) >= 11 is 0. The smallest absolute Gasteiger partial charge is 0.316 e. The number of aliphatic carboxylic acids is 1. The van der Waals surface area contributed by atoms with E-state index in [1.54, 1.807) is 0 Å². The molecule has 2 unspecified atom stereocenters. The molecular formula is C12H16O3. The number of carboxylic acid groups (broad SMARTS) is 1. The van der Waals surface area contributed by atoms with E-state index in [9.17, 15) is 15.0 Å². The molecule has 3 nitrogen and oxygen atoms in total. The van der Waals surface area contributed by atoms with Gasteiger partial charge in [-0.25, -0.2) is 0 Å². The van der Waals surface area contributed by atoms with Crippen molar-refractivity contribution in [1.82, 2.24) is 0 Å². The largest absolute Gasteiger partial charge is 0.481 e. The van der Waals surface area contributed by atoms with Crippen LogP contribution in [-0.4, -0.2) is 22.8 Å². The van der Waals surface area contributed by atoms with Crippen molar-refractivity contribution in [2.24, 2.45) is 11.3 Å². The maximum atomic E-state index is 11.3. The van der Waals surface area contributed by atoms with Gasteiger partial charge < -0.3 is 10.2 Å². The average molecular weight is 208 g/mol. The highest BCUT2D eigenvalue weighted by atomic mass is 16.4. The zero-order valence-electron chi connectivity index (χ0n) is 8.65. The minimum Gasteiger partial charge on any atom is -0.481 e. The molecule has 82 valence electrons. The Morgan fingerprint density at radius 3 is 3.07 bits per heavy atom. The molecule has 0 saturated heterocycles. The summed E-state index contributed by atoms with van der Waals surface area (Å²) < 4.78 is 0. The molecule has 2 rings (SSSR count). The van der Waals surface area contributed by atoms with Crippen LogP contribution in [-0.2, 0) is 4.79 Å². The van der Waals surface area contributed by atoms with Gasteiger partial charge in [-0.3, -0.25) is 4.79 Å². The van der Waals surface area contributed by atoms with E-state index < -0.39 is 11.4 Å². The van der Waals surface area contributed by atoms with Gasteiger partial charge in [0.1, 0.15) is 5.41 Å². The second-order valence-electron chi connectivity index (χ2n) is 4.42. The molecule has 2 aliphatic rings. The van der Waals surface area contributed by atoms with Crippen molar-refractivity contribution in [3.8, 4) is 0 Å². The molecule has 0 aromatic carbocycles. The van der Waals surface area contributed by atoms with Crippen LogP contribution >= 0.6 is 0 Å². The van der Waals surface area contributed by atoms with Crippen molar-refractivity contribution < 1.29 is 15.0 Å². The van der Waals surface area contributed by atoms with E-state index >= 15 is 0 Å². The molecule has 2 N–H and O–H groups in total. The summed E-state index contributed by atoms with van der Waals surface area (Å²) in [5, 5.41) is 18.7. The second kappa shape index (κ2) is 3.81. The number of fused-ring (bicyclic) bond motifs is 1. The fourth-order valence-corrected chi connectivity index (χ4v) is 2.76. The van der Waals surface area contributed by atoms with E-state index in [2.05, 4.69) is 6.08 Å². The van der Waals surface area contributed by atoms with Gasteiger partial charge in [0.05, 0.1) is 6.61 Å². The first-order valence-corrected chi connectivity index (χ1v) is 5.42. The number of hydrogen-bond acceptors (Lipinski definition) is 2. The highest BCUT2D eigenvalue weighted by Gasteiger charge is 2.46. The number of aliphatic hydroxyl groups is 1. The minimum absolute atomic E-state index is 0.279. The molecule has 0 amide bonds. The van der Waals surface area contributed by atoms with Gasteiger partial charge in [0, 0.05) is 0 Å². The Bertz CT molecular complexity index is 330. The summed E-state index contributed by atoms with van der Waals surface area (Å²) in [6.07, 6.45) is 9.29. The van der Waals surface area contributed by atoms with Gasteiger partial charge in [0.15, 0.2) is 0 Å². The Kier molecular flexibility index (Phi) is 2.65. The third-order valence-electron chi connectivity index (χ3n) is 3.66. The number of rotatable bonds is 2. The molecule has 0 spiro atoms. The van der Waals surface area contributed by atoms with Crippen LogP contribution in [0.5, 0.6) is 0 Å². The van der Waals surface area contributed by atoms with Gasteiger partial charge in [0.2, 0.25) is 0 Å². The molecule has 0 aromatic heterocycles. The van der Waals surface area contributed by atoms with Crippen LogP contribution in [0.4, 0.5) is 0 Å². The van der Waals surface area contributed by atoms with E-state index in [1.807, 2.05) is 12.2 Å².